The van der Waals surface area contributed by atoms with Gasteiger partial charge in [-0.25, -0.2) is 0 Å². The van der Waals surface area contributed by atoms with Gasteiger partial charge in [-0.3, -0.25) is 4.79 Å². The summed E-state index contributed by atoms with van der Waals surface area (Å²) >= 11 is 0. The zero-order chi connectivity index (χ0) is 11.4. The highest BCUT2D eigenvalue weighted by atomic mass is 16.5. The second kappa shape index (κ2) is 4.50. The van der Waals surface area contributed by atoms with Crippen LogP contribution in [0.4, 0.5) is 0 Å². The number of rotatable bonds is 4. The third kappa shape index (κ3) is 3.83. The van der Waals surface area contributed by atoms with E-state index in [-0.39, 0.29) is 11.4 Å². The van der Waals surface area contributed by atoms with Gasteiger partial charge in [-0.15, -0.1) is 12.3 Å². The molecule has 0 N–H and O–H groups in total. The summed E-state index contributed by atoms with van der Waals surface area (Å²) in [6.45, 7) is 7.91. The fourth-order valence-electron chi connectivity index (χ4n) is 1.88. The quantitative estimate of drug-likeness (QED) is 0.510. The summed E-state index contributed by atoms with van der Waals surface area (Å²) in [5, 5.41) is 0. The molecular weight excluding hydrogens is 176 g/mol. The van der Waals surface area contributed by atoms with Gasteiger partial charge in [0.2, 0.25) is 0 Å². The van der Waals surface area contributed by atoms with Crippen molar-refractivity contribution in [2.24, 2.45) is 10.8 Å². The zero-order valence-corrected chi connectivity index (χ0v) is 9.81. The van der Waals surface area contributed by atoms with E-state index in [0.29, 0.717) is 6.42 Å². The summed E-state index contributed by atoms with van der Waals surface area (Å²) in [6, 6.07) is 0. The van der Waals surface area contributed by atoms with E-state index in [2.05, 4.69) is 19.8 Å². The van der Waals surface area contributed by atoms with E-state index < -0.39 is 5.41 Å². The molecular formula is C12H20O2. The Labute approximate surface area is 87.0 Å². The van der Waals surface area contributed by atoms with Crippen LogP contribution in [0.25, 0.3) is 0 Å². The van der Waals surface area contributed by atoms with Crippen LogP contribution < -0.4 is 0 Å². The van der Waals surface area contributed by atoms with E-state index in [0.717, 1.165) is 6.42 Å². The van der Waals surface area contributed by atoms with Crippen LogP contribution in [-0.2, 0) is 9.53 Å². The zero-order valence-electron chi connectivity index (χ0n) is 9.81. The molecule has 0 aliphatic heterocycles. The molecule has 2 heteroatoms. The number of carbonyl (C=O) groups is 1. The Morgan fingerprint density at radius 1 is 1.36 bits per heavy atom. The van der Waals surface area contributed by atoms with Crippen molar-refractivity contribution in [3.8, 4) is 12.3 Å². The van der Waals surface area contributed by atoms with Crippen molar-refractivity contribution in [3.63, 3.8) is 0 Å². The Kier molecular flexibility index (Phi) is 4.19. The van der Waals surface area contributed by atoms with Crippen molar-refractivity contribution in [2.45, 2.75) is 40.5 Å². The van der Waals surface area contributed by atoms with E-state index >= 15 is 0 Å². The van der Waals surface area contributed by atoms with Gasteiger partial charge in [0.25, 0.3) is 0 Å². The van der Waals surface area contributed by atoms with E-state index in [1.54, 1.807) is 0 Å². The second-order valence-corrected chi connectivity index (χ2v) is 5.10. The summed E-state index contributed by atoms with van der Waals surface area (Å²) in [5.74, 6) is 2.46. The normalized spacial score (nSPS) is 12.0. The van der Waals surface area contributed by atoms with Gasteiger partial charge in [-0.2, -0.15) is 0 Å². The molecule has 0 rings (SSSR count). The summed E-state index contributed by atoms with van der Waals surface area (Å²) < 4.78 is 4.75. The summed E-state index contributed by atoms with van der Waals surface area (Å²) in [7, 11) is 1.41. The van der Waals surface area contributed by atoms with Gasteiger partial charge in [-0.05, 0) is 25.7 Å². The predicted molar refractivity (Wildman–Crippen MR) is 57.6 cm³/mol. The first-order chi connectivity index (χ1) is 6.25. The molecule has 0 atom stereocenters. The topological polar surface area (TPSA) is 26.3 Å². The summed E-state index contributed by atoms with van der Waals surface area (Å²) in [5.41, 5.74) is -0.485. The number of hydrogen-bond donors (Lipinski definition) is 0. The monoisotopic (exact) mass is 196 g/mol. The van der Waals surface area contributed by atoms with E-state index in [1.165, 1.54) is 7.11 Å². The lowest BCUT2D eigenvalue weighted by molar-refractivity contribution is -0.152. The Morgan fingerprint density at radius 3 is 2.21 bits per heavy atom. The molecule has 0 spiro atoms. The molecule has 0 amide bonds. The van der Waals surface area contributed by atoms with Gasteiger partial charge < -0.3 is 4.74 Å². The highest BCUT2D eigenvalue weighted by molar-refractivity contribution is 5.75. The smallest absolute Gasteiger partial charge is 0.311 e. The molecule has 14 heavy (non-hydrogen) atoms. The van der Waals surface area contributed by atoms with Crippen molar-refractivity contribution in [1.82, 2.24) is 0 Å². The first kappa shape index (κ1) is 13.0. The lowest BCUT2D eigenvalue weighted by atomic mass is 9.73. The average Bonchev–Trinajstić information content (AvgIpc) is 2.00. The molecule has 0 heterocycles. The molecule has 0 unspecified atom stereocenters. The minimum absolute atomic E-state index is 0.0214. The van der Waals surface area contributed by atoms with Crippen molar-refractivity contribution in [2.75, 3.05) is 7.11 Å². The maximum atomic E-state index is 11.4. The SMILES string of the molecule is C#CCC(C)(C)CC(C)(C)C(=O)OC. The molecule has 0 saturated heterocycles. The van der Waals surface area contributed by atoms with Crippen LogP contribution in [0.1, 0.15) is 40.5 Å². The first-order valence-corrected chi connectivity index (χ1v) is 4.77. The Hall–Kier alpha value is -0.970. The summed E-state index contributed by atoms with van der Waals surface area (Å²) in [4.78, 5) is 11.4. The third-order valence-electron chi connectivity index (χ3n) is 2.24. The van der Waals surface area contributed by atoms with E-state index in [9.17, 15) is 4.79 Å². The van der Waals surface area contributed by atoms with E-state index in [1.807, 2.05) is 13.8 Å². The third-order valence-corrected chi connectivity index (χ3v) is 2.24. The molecule has 0 radical (unpaired) electrons. The standard InChI is InChI=1S/C12H20O2/c1-7-8-11(2,3)9-12(4,5)10(13)14-6/h1H,8-9H2,2-6H3. The first-order valence-electron chi connectivity index (χ1n) is 4.77. The van der Waals surface area contributed by atoms with Crippen LogP contribution in [0, 0.1) is 23.2 Å². The van der Waals surface area contributed by atoms with Crippen LogP contribution >= 0.6 is 0 Å². The van der Waals surface area contributed by atoms with Gasteiger partial charge >= 0.3 is 5.97 Å². The van der Waals surface area contributed by atoms with Crippen LogP contribution in [0.2, 0.25) is 0 Å². The second-order valence-electron chi connectivity index (χ2n) is 5.10. The number of ether oxygens (including phenoxy) is 1. The fraction of sp³-hybridized carbons (Fsp3) is 0.750. The molecule has 0 aromatic rings. The number of carbonyl (C=O) groups excluding carboxylic acids is 1. The van der Waals surface area contributed by atoms with Gasteiger partial charge in [0.05, 0.1) is 12.5 Å². The molecule has 2 nitrogen and oxygen atoms in total. The van der Waals surface area contributed by atoms with Crippen molar-refractivity contribution >= 4 is 5.97 Å². The molecule has 0 aromatic heterocycles. The molecule has 0 aromatic carbocycles. The van der Waals surface area contributed by atoms with Crippen molar-refractivity contribution < 1.29 is 9.53 Å². The maximum absolute atomic E-state index is 11.4. The van der Waals surface area contributed by atoms with Crippen LogP contribution in [-0.4, -0.2) is 13.1 Å². The highest BCUT2D eigenvalue weighted by Crippen LogP contribution is 2.36. The van der Waals surface area contributed by atoms with Crippen LogP contribution in [0.3, 0.4) is 0 Å². The number of hydrogen-bond acceptors (Lipinski definition) is 2. The predicted octanol–water partition coefficient (Wildman–Crippen LogP) is 2.63. The van der Waals surface area contributed by atoms with Gasteiger partial charge in [0.1, 0.15) is 0 Å². The van der Waals surface area contributed by atoms with Crippen molar-refractivity contribution in [3.05, 3.63) is 0 Å². The lowest BCUT2D eigenvalue weighted by Crippen LogP contribution is -2.31. The number of terminal acetylenes is 1. The van der Waals surface area contributed by atoms with Gasteiger partial charge in [0.15, 0.2) is 0 Å². The molecule has 0 fully saturated rings. The van der Waals surface area contributed by atoms with Gasteiger partial charge in [-0.1, -0.05) is 13.8 Å². The molecule has 0 bridgehead atoms. The average molecular weight is 196 g/mol. The molecule has 80 valence electrons. The van der Waals surface area contributed by atoms with Crippen LogP contribution in [0.5, 0.6) is 0 Å². The number of esters is 1. The Balaban J connectivity index is 4.50. The fourth-order valence-corrected chi connectivity index (χ4v) is 1.88. The number of methoxy groups -OCH3 is 1. The lowest BCUT2D eigenvalue weighted by Gasteiger charge is -2.31. The maximum Gasteiger partial charge on any atom is 0.311 e. The van der Waals surface area contributed by atoms with E-state index in [4.69, 9.17) is 11.2 Å². The van der Waals surface area contributed by atoms with Gasteiger partial charge in [0, 0.05) is 6.42 Å². The minimum atomic E-state index is -0.463. The summed E-state index contributed by atoms with van der Waals surface area (Å²) in [6.07, 6.45) is 6.68. The largest absolute Gasteiger partial charge is 0.469 e. The molecule has 0 aliphatic rings. The highest BCUT2D eigenvalue weighted by Gasteiger charge is 2.35. The molecule has 0 saturated carbocycles. The Bertz CT molecular complexity index is 244. The van der Waals surface area contributed by atoms with Crippen LogP contribution in [0.15, 0.2) is 0 Å². The van der Waals surface area contributed by atoms with Crippen molar-refractivity contribution in [1.29, 1.82) is 0 Å². The molecule has 0 aliphatic carbocycles. The minimum Gasteiger partial charge on any atom is -0.469 e. The Morgan fingerprint density at radius 2 is 1.86 bits per heavy atom.